The molecular formula is C21H24F2N4O2. The van der Waals surface area contributed by atoms with Crippen LogP contribution in [0.2, 0.25) is 0 Å². The zero-order valence-corrected chi connectivity index (χ0v) is 16.7. The van der Waals surface area contributed by atoms with Gasteiger partial charge >= 0.3 is 0 Å². The Morgan fingerprint density at radius 1 is 1.21 bits per heavy atom. The van der Waals surface area contributed by atoms with E-state index in [0.717, 1.165) is 35.8 Å². The number of rotatable bonds is 6. The second-order valence-corrected chi connectivity index (χ2v) is 7.15. The summed E-state index contributed by atoms with van der Waals surface area (Å²) in [7, 11) is 1.62. The van der Waals surface area contributed by atoms with Crippen LogP contribution in [0.4, 0.5) is 8.78 Å². The molecule has 8 heteroatoms. The zero-order valence-electron chi connectivity index (χ0n) is 16.7. The minimum absolute atomic E-state index is 0.0782. The summed E-state index contributed by atoms with van der Waals surface area (Å²) in [5.74, 6) is -0.321. The Morgan fingerprint density at radius 3 is 2.66 bits per heavy atom. The SMILES string of the molecule is CCCN1C=C(C)C(OCc2c(F)cccc2F)C2=C1N1CN(OC)C=C1C=N2. The molecule has 0 saturated carbocycles. The van der Waals surface area contributed by atoms with Crippen LogP contribution < -0.4 is 0 Å². The molecule has 0 aliphatic carbocycles. The Bertz CT molecular complexity index is 905. The first-order valence-corrected chi connectivity index (χ1v) is 9.61. The van der Waals surface area contributed by atoms with Crippen LogP contribution in [-0.4, -0.2) is 47.5 Å². The largest absolute Gasteiger partial charge is 0.362 e. The summed E-state index contributed by atoms with van der Waals surface area (Å²) in [5, 5.41) is 1.72. The molecule has 3 aliphatic rings. The normalized spacial score (nSPS) is 20.7. The molecule has 1 atom stereocenters. The van der Waals surface area contributed by atoms with Crippen LogP contribution in [0.3, 0.4) is 0 Å². The first-order chi connectivity index (χ1) is 14.0. The van der Waals surface area contributed by atoms with E-state index < -0.39 is 17.7 Å². The molecule has 6 nitrogen and oxygen atoms in total. The number of aliphatic imine (C=N–C) groups is 1. The highest BCUT2D eigenvalue weighted by molar-refractivity contribution is 5.81. The smallest absolute Gasteiger partial charge is 0.139 e. The fourth-order valence-corrected chi connectivity index (χ4v) is 3.75. The molecule has 4 rings (SSSR count). The lowest BCUT2D eigenvalue weighted by Crippen LogP contribution is -2.42. The summed E-state index contributed by atoms with van der Waals surface area (Å²) in [6, 6.07) is 3.81. The summed E-state index contributed by atoms with van der Waals surface area (Å²) in [5.41, 5.74) is 2.50. The van der Waals surface area contributed by atoms with Crippen molar-refractivity contribution in [3.63, 3.8) is 0 Å². The molecule has 0 bridgehead atoms. The van der Waals surface area contributed by atoms with E-state index in [4.69, 9.17) is 9.57 Å². The maximum atomic E-state index is 14.0. The zero-order chi connectivity index (χ0) is 20.5. The first-order valence-electron chi connectivity index (χ1n) is 9.61. The van der Waals surface area contributed by atoms with Gasteiger partial charge in [0.1, 0.15) is 35.9 Å². The van der Waals surface area contributed by atoms with Gasteiger partial charge in [0, 0.05) is 18.3 Å². The summed E-state index contributed by atoms with van der Waals surface area (Å²) in [6.07, 6.45) is 6.13. The van der Waals surface area contributed by atoms with Gasteiger partial charge in [-0.1, -0.05) is 13.0 Å². The Morgan fingerprint density at radius 2 is 1.97 bits per heavy atom. The molecule has 0 fully saturated rings. The highest BCUT2D eigenvalue weighted by Crippen LogP contribution is 2.37. The number of allylic oxidation sites excluding steroid dienone is 1. The number of fused-ring (bicyclic) bond motifs is 2. The molecule has 0 N–H and O–H groups in total. The number of halogens is 2. The van der Waals surface area contributed by atoms with Gasteiger partial charge < -0.3 is 14.5 Å². The van der Waals surface area contributed by atoms with Crippen LogP contribution in [0.5, 0.6) is 0 Å². The van der Waals surface area contributed by atoms with Crippen LogP contribution in [0.25, 0.3) is 0 Å². The fraction of sp³-hybridized carbons (Fsp3) is 0.381. The number of hydrogen-bond donors (Lipinski definition) is 0. The van der Waals surface area contributed by atoms with Crippen molar-refractivity contribution >= 4 is 6.21 Å². The van der Waals surface area contributed by atoms with Crippen LogP contribution in [0.15, 0.2) is 58.4 Å². The van der Waals surface area contributed by atoms with E-state index in [1.54, 1.807) is 18.4 Å². The second-order valence-electron chi connectivity index (χ2n) is 7.15. The minimum Gasteiger partial charge on any atom is -0.362 e. The van der Waals surface area contributed by atoms with Gasteiger partial charge in [0.25, 0.3) is 0 Å². The summed E-state index contributed by atoms with van der Waals surface area (Å²) in [4.78, 5) is 14.2. The van der Waals surface area contributed by atoms with Gasteiger partial charge in [0.2, 0.25) is 0 Å². The third-order valence-electron chi connectivity index (χ3n) is 5.14. The van der Waals surface area contributed by atoms with Gasteiger partial charge in [-0.15, -0.1) is 0 Å². The third kappa shape index (κ3) is 3.54. The van der Waals surface area contributed by atoms with Crippen LogP contribution in [0, 0.1) is 11.6 Å². The molecule has 154 valence electrons. The van der Waals surface area contributed by atoms with E-state index >= 15 is 0 Å². The van der Waals surface area contributed by atoms with E-state index in [1.165, 1.54) is 18.2 Å². The van der Waals surface area contributed by atoms with Gasteiger partial charge in [-0.05, 0) is 31.1 Å². The fourth-order valence-electron chi connectivity index (χ4n) is 3.75. The lowest BCUT2D eigenvalue weighted by atomic mass is 10.0. The van der Waals surface area contributed by atoms with Crippen molar-refractivity contribution in [2.24, 2.45) is 4.99 Å². The topological polar surface area (TPSA) is 40.5 Å². The number of nitrogens with zero attached hydrogens (tertiary/aromatic N) is 4. The predicted octanol–water partition coefficient (Wildman–Crippen LogP) is 3.71. The maximum Gasteiger partial charge on any atom is 0.139 e. The molecule has 29 heavy (non-hydrogen) atoms. The lowest BCUT2D eigenvalue weighted by molar-refractivity contribution is -0.0970. The first kappa shape index (κ1) is 19.6. The van der Waals surface area contributed by atoms with Crippen molar-refractivity contribution in [3.05, 3.63) is 70.6 Å². The van der Waals surface area contributed by atoms with Crippen LogP contribution in [-0.2, 0) is 16.2 Å². The second kappa shape index (κ2) is 7.96. The number of hydrogen-bond acceptors (Lipinski definition) is 6. The molecule has 3 aliphatic heterocycles. The quantitative estimate of drug-likeness (QED) is 0.726. The molecule has 1 aromatic carbocycles. The van der Waals surface area contributed by atoms with E-state index in [0.29, 0.717) is 6.67 Å². The number of hydroxylamine groups is 2. The molecule has 0 amide bonds. The number of ether oxygens (including phenoxy) is 1. The van der Waals surface area contributed by atoms with E-state index in [9.17, 15) is 8.78 Å². The van der Waals surface area contributed by atoms with Crippen molar-refractivity contribution in [2.75, 3.05) is 20.3 Å². The Labute approximate surface area is 169 Å². The molecular weight excluding hydrogens is 378 g/mol. The molecule has 0 radical (unpaired) electrons. The molecule has 0 saturated heterocycles. The van der Waals surface area contributed by atoms with Gasteiger partial charge in [0.15, 0.2) is 0 Å². The van der Waals surface area contributed by atoms with Gasteiger partial charge in [0.05, 0.1) is 31.8 Å². The van der Waals surface area contributed by atoms with Crippen molar-refractivity contribution in [1.29, 1.82) is 0 Å². The van der Waals surface area contributed by atoms with Crippen molar-refractivity contribution in [3.8, 4) is 0 Å². The Hall–Kier alpha value is -2.71. The monoisotopic (exact) mass is 402 g/mol. The molecule has 1 unspecified atom stereocenters. The van der Waals surface area contributed by atoms with Crippen LogP contribution >= 0.6 is 0 Å². The maximum absolute atomic E-state index is 14.0. The predicted molar refractivity (Wildman–Crippen MR) is 105 cm³/mol. The Balaban J connectivity index is 1.65. The standard InChI is InChI=1S/C21H24F2N4O2/c1-4-8-25-10-14(2)20(29-12-16-17(22)6-5-7-18(16)23)19-21(25)27-13-26(28-3)11-15(27)9-24-19/h5-7,9-11,20H,4,8,12-13H2,1-3H3. The summed E-state index contributed by atoms with van der Waals surface area (Å²) < 4.78 is 34.1. The van der Waals surface area contributed by atoms with Crippen molar-refractivity contribution in [2.45, 2.75) is 33.0 Å². The molecule has 0 spiro atoms. The summed E-state index contributed by atoms with van der Waals surface area (Å²) in [6.45, 7) is 5.22. The average molecular weight is 402 g/mol. The van der Waals surface area contributed by atoms with E-state index in [1.807, 2.05) is 19.3 Å². The van der Waals surface area contributed by atoms with Crippen molar-refractivity contribution in [1.82, 2.24) is 14.9 Å². The van der Waals surface area contributed by atoms with Gasteiger partial charge in [-0.2, -0.15) is 0 Å². The molecule has 0 aromatic heterocycles. The third-order valence-corrected chi connectivity index (χ3v) is 5.14. The van der Waals surface area contributed by atoms with Crippen LogP contribution in [0.1, 0.15) is 25.8 Å². The van der Waals surface area contributed by atoms with E-state index in [-0.39, 0.29) is 12.2 Å². The van der Waals surface area contributed by atoms with Crippen molar-refractivity contribution < 1.29 is 18.4 Å². The van der Waals surface area contributed by atoms with Gasteiger partial charge in [-0.25, -0.2) is 13.8 Å². The Kier molecular flexibility index (Phi) is 5.38. The number of benzene rings is 1. The minimum atomic E-state index is -0.614. The lowest BCUT2D eigenvalue weighted by Gasteiger charge is -2.40. The highest BCUT2D eigenvalue weighted by Gasteiger charge is 2.37. The highest BCUT2D eigenvalue weighted by atomic mass is 19.1. The van der Waals surface area contributed by atoms with Gasteiger partial charge in [-0.3, -0.25) is 9.83 Å². The molecule has 1 aromatic rings. The average Bonchev–Trinajstić information content (AvgIpc) is 3.12. The van der Waals surface area contributed by atoms with E-state index in [2.05, 4.69) is 21.7 Å². The summed E-state index contributed by atoms with van der Waals surface area (Å²) >= 11 is 0. The molecule has 3 heterocycles.